The van der Waals surface area contributed by atoms with Crippen LogP contribution >= 0.6 is 0 Å². The standard InChI is InChI=1S/C13H19F2N3O/c1-8-4-11-10(5-16-8)12-13(14,15)3-2-9(7-19)6-18(12)17-11/h8-9,16,19H,2-7H2,1H3/t8-,9+/m1/s1. The van der Waals surface area contributed by atoms with E-state index in [2.05, 4.69) is 10.4 Å². The number of hydrogen-bond acceptors (Lipinski definition) is 3. The molecule has 0 spiro atoms. The second-order valence-electron chi connectivity index (χ2n) is 5.73. The van der Waals surface area contributed by atoms with Gasteiger partial charge in [-0.25, -0.2) is 0 Å². The van der Waals surface area contributed by atoms with E-state index >= 15 is 0 Å². The molecule has 0 aliphatic carbocycles. The van der Waals surface area contributed by atoms with Crippen LogP contribution in [-0.2, 0) is 25.4 Å². The Morgan fingerprint density at radius 3 is 3.05 bits per heavy atom. The van der Waals surface area contributed by atoms with Gasteiger partial charge in [-0.15, -0.1) is 0 Å². The van der Waals surface area contributed by atoms with Crippen molar-refractivity contribution in [3.05, 3.63) is 17.0 Å². The average Bonchev–Trinajstić information content (AvgIpc) is 2.65. The largest absolute Gasteiger partial charge is 0.396 e. The van der Waals surface area contributed by atoms with Crippen LogP contribution < -0.4 is 5.32 Å². The molecule has 1 aromatic heterocycles. The Morgan fingerprint density at radius 1 is 1.53 bits per heavy atom. The maximum Gasteiger partial charge on any atom is 0.289 e. The van der Waals surface area contributed by atoms with Gasteiger partial charge in [0.05, 0.1) is 5.69 Å². The van der Waals surface area contributed by atoms with Gasteiger partial charge >= 0.3 is 0 Å². The first-order valence-electron chi connectivity index (χ1n) is 6.82. The lowest BCUT2D eigenvalue weighted by Crippen LogP contribution is -2.33. The number of hydrogen-bond donors (Lipinski definition) is 2. The molecule has 2 N–H and O–H groups in total. The summed E-state index contributed by atoms with van der Waals surface area (Å²) in [5.41, 5.74) is 1.53. The van der Waals surface area contributed by atoms with Gasteiger partial charge in [-0.3, -0.25) is 4.68 Å². The quantitative estimate of drug-likeness (QED) is 0.812. The van der Waals surface area contributed by atoms with Crippen LogP contribution in [0.1, 0.15) is 36.7 Å². The Morgan fingerprint density at radius 2 is 2.32 bits per heavy atom. The number of halogens is 2. The van der Waals surface area contributed by atoms with Crippen molar-refractivity contribution in [3.63, 3.8) is 0 Å². The van der Waals surface area contributed by atoms with E-state index in [0.29, 0.717) is 31.5 Å². The average molecular weight is 271 g/mol. The van der Waals surface area contributed by atoms with Crippen molar-refractivity contribution in [1.29, 1.82) is 0 Å². The minimum Gasteiger partial charge on any atom is -0.396 e. The minimum atomic E-state index is -2.84. The molecular weight excluding hydrogens is 252 g/mol. The van der Waals surface area contributed by atoms with Gasteiger partial charge in [-0.05, 0) is 13.3 Å². The molecule has 106 valence electrons. The number of fused-ring (bicyclic) bond motifs is 3. The highest BCUT2D eigenvalue weighted by molar-refractivity contribution is 5.32. The number of nitrogens with zero attached hydrogens (tertiary/aromatic N) is 2. The fourth-order valence-corrected chi connectivity index (χ4v) is 3.07. The lowest BCUT2D eigenvalue weighted by molar-refractivity contribution is -0.0222. The molecule has 1 aromatic rings. The van der Waals surface area contributed by atoms with E-state index < -0.39 is 5.92 Å². The van der Waals surface area contributed by atoms with Crippen molar-refractivity contribution in [2.45, 2.75) is 51.2 Å². The highest BCUT2D eigenvalue weighted by Gasteiger charge is 2.42. The van der Waals surface area contributed by atoms with Gasteiger partial charge in [0.1, 0.15) is 5.69 Å². The van der Waals surface area contributed by atoms with Crippen molar-refractivity contribution < 1.29 is 13.9 Å². The van der Waals surface area contributed by atoms with Crippen molar-refractivity contribution in [1.82, 2.24) is 15.1 Å². The fourth-order valence-electron chi connectivity index (χ4n) is 3.07. The number of alkyl halides is 2. The summed E-state index contributed by atoms with van der Waals surface area (Å²) >= 11 is 0. The van der Waals surface area contributed by atoms with Crippen LogP contribution in [0, 0.1) is 5.92 Å². The molecule has 0 unspecified atom stereocenters. The van der Waals surface area contributed by atoms with Gasteiger partial charge in [-0.2, -0.15) is 13.9 Å². The zero-order chi connectivity index (χ0) is 13.6. The first kappa shape index (κ1) is 13.0. The Hall–Kier alpha value is -1.01. The lowest BCUT2D eigenvalue weighted by atomic mass is 9.97. The molecule has 6 heteroatoms. The SMILES string of the molecule is C[C@@H]1Cc2nn3c(c2CN1)C(F)(F)CC[C@H](CO)C3. The molecule has 2 aliphatic rings. The number of aromatic nitrogens is 2. The molecule has 4 nitrogen and oxygen atoms in total. The van der Waals surface area contributed by atoms with E-state index in [9.17, 15) is 13.9 Å². The second-order valence-corrected chi connectivity index (χ2v) is 5.73. The van der Waals surface area contributed by atoms with E-state index in [-0.39, 0.29) is 30.7 Å². The molecule has 0 saturated carbocycles. The summed E-state index contributed by atoms with van der Waals surface area (Å²) in [6.07, 6.45) is 0.826. The maximum atomic E-state index is 14.3. The topological polar surface area (TPSA) is 50.1 Å². The highest BCUT2D eigenvalue weighted by Crippen LogP contribution is 2.41. The minimum absolute atomic E-state index is 0.0608. The third kappa shape index (κ3) is 2.17. The molecule has 0 bridgehead atoms. The van der Waals surface area contributed by atoms with Gasteiger partial charge < -0.3 is 10.4 Å². The predicted molar refractivity (Wildman–Crippen MR) is 65.9 cm³/mol. The molecule has 0 fully saturated rings. The zero-order valence-corrected chi connectivity index (χ0v) is 11.0. The van der Waals surface area contributed by atoms with E-state index in [0.717, 1.165) is 5.69 Å². The third-order valence-electron chi connectivity index (χ3n) is 4.16. The molecule has 2 aliphatic heterocycles. The molecule has 0 saturated heterocycles. The summed E-state index contributed by atoms with van der Waals surface area (Å²) in [6.45, 7) is 2.82. The molecule has 3 rings (SSSR count). The normalized spacial score (nSPS) is 29.5. The summed E-state index contributed by atoms with van der Waals surface area (Å²) in [6, 6.07) is 0.272. The monoisotopic (exact) mass is 271 g/mol. The molecule has 0 amide bonds. The lowest BCUT2D eigenvalue weighted by Gasteiger charge is -2.22. The van der Waals surface area contributed by atoms with E-state index in [1.165, 1.54) is 4.68 Å². The van der Waals surface area contributed by atoms with Crippen LogP contribution in [0.2, 0.25) is 0 Å². The van der Waals surface area contributed by atoms with Crippen molar-refractivity contribution >= 4 is 0 Å². The van der Waals surface area contributed by atoms with Gasteiger partial charge in [0, 0.05) is 50.1 Å². The van der Waals surface area contributed by atoms with Crippen LogP contribution in [0.25, 0.3) is 0 Å². The molecule has 3 heterocycles. The van der Waals surface area contributed by atoms with Crippen molar-refractivity contribution in [3.8, 4) is 0 Å². The van der Waals surface area contributed by atoms with E-state index in [1.807, 2.05) is 6.92 Å². The van der Waals surface area contributed by atoms with Gasteiger partial charge in [-0.1, -0.05) is 0 Å². The van der Waals surface area contributed by atoms with Gasteiger partial charge in [0.25, 0.3) is 5.92 Å². The smallest absolute Gasteiger partial charge is 0.289 e. The van der Waals surface area contributed by atoms with Crippen LogP contribution in [0.4, 0.5) is 8.78 Å². The summed E-state index contributed by atoms with van der Waals surface area (Å²) in [4.78, 5) is 0. The van der Waals surface area contributed by atoms with Crippen LogP contribution in [0.15, 0.2) is 0 Å². The third-order valence-corrected chi connectivity index (χ3v) is 4.16. The Labute approximate surface area is 110 Å². The van der Waals surface area contributed by atoms with Crippen molar-refractivity contribution in [2.24, 2.45) is 5.92 Å². The first-order chi connectivity index (χ1) is 9.01. The fraction of sp³-hybridized carbons (Fsp3) is 0.769. The Kier molecular flexibility index (Phi) is 3.09. The van der Waals surface area contributed by atoms with E-state index in [4.69, 9.17) is 0 Å². The first-order valence-corrected chi connectivity index (χ1v) is 6.82. The maximum absolute atomic E-state index is 14.3. The van der Waals surface area contributed by atoms with Crippen molar-refractivity contribution in [2.75, 3.05) is 6.61 Å². The molecule has 0 aromatic carbocycles. The number of aliphatic hydroxyl groups excluding tert-OH is 1. The van der Waals surface area contributed by atoms with Gasteiger partial charge in [0.2, 0.25) is 0 Å². The second kappa shape index (κ2) is 4.52. The number of aliphatic hydroxyl groups is 1. The summed E-state index contributed by atoms with van der Waals surface area (Å²) in [5, 5.41) is 16.9. The molecule has 2 atom stereocenters. The summed E-state index contributed by atoms with van der Waals surface area (Å²) in [7, 11) is 0. The summed E-state index contributed by atoms with van der Waals surface area (Å²) in [5.74, 6) is -2.97. The summed E-state index contributed by atoms with van der Waals surface area (Å²) < 4.78 is 30.1. The number of nitrogens with one attached hydrogen (secondary N) is 1. The van der Waals surface area contributed by atoms with E-state index in [1.54, 1.807) is 0 Å². The predicted octanol–water partition coefficient (Wildman–Crippen LogP) is 1.41. The molecule has 0 radical (unpaired) electrons. The molecular formula is C13H19F2N3O. The van der Waals surface area contributed by atoms with Crippen LogP contribution in [-0.4, -0.2) is 27.5 Å². The number of rotatable bonds is 1. The Bertz CT molecular complexity index is 486. The Balaban J connectivity index is 2.06. The molecule has 19 heavy (non-hydrogen) atoms. The van der Waals surface area contributed by atoms with Crippen LogP contribution in [0.5, 0.6) is 0 Å². The highest BCUT2D eigenvalue weighted by atomic mass is 19.3. The van der Waals surface area contributed by atoms with Gasteiger partial charge in [0.15, 0.2) is 0 Å². The zero-order valence-electron chi connectivity index (χ0n) is 11.0. The van der Waals surface area contributed by atoms with Crippen LogP contribution in [0.3, 0.4) is 0 Å².